The molecule has 60 valence electrons. The lowest BCUT2D eigenvalue weighted by molar-refractivity contribution is 0.411. The number of rotatable bonds is 1. The van der Waals surface area contributed by atoms with Crippen molar-refractivity contribution in [3.63, 3.8) is 0 Å². The molecule has 0 saturated carbocycles. The summed E-state index contributed by atoms with van der Waals surface area (Å²) < 4.78 is 7.39. The fourth-order valence-electron chi connectivity index (χ4n) is 0.843. The van der Waals surface area contributed by atoms with E-state index in [0.717, 1.165) is 10.2 Å². The van der Waals surface area contributed by atoms with Crippen LogP contribution in [0.1, 0.15) is 5.56 Å². The van der Waals surface area contributed by atoms with Crippen molar-refractivity contribution < 1.29 is 4.74 Å². The fourth-order valence-corrected chi connectivity index (χ4v) is 1.98. The molecule has 0 fully saturated rings. The van der Waals surface area contributed by atoms with Crippen LogP contribution in [0.2, 0.25) is 0 Å². The lowest BCUT2D eigenvalue weighted by Crippen LogP contribution is -1.87. The summed E-state index contributed by atoms with van der Waals surface area (Å²) in [6.45, 7) is 2.05. The van der Waals surface area contributed by atoms with Crippen molar-refractivity contribution in [2.45, 2.75) is 6.92 Å². The van der Waals surface area contributed by atoms with Crippen LogP contribution in [-0.4, -0.2) is 7.11 Å². The number of aryl methyl sites for hydroxylation is 1. The summed E-state index contributed by atoms with van der Waals surface area (Å²) in [6.07, 6.45) is 0. The number of halogens is 2. The Bertz CT molecular complexity index is 273. The first-order chi connectivity index (χ1) is 5.15. The molecule has 0 saturated heterocycles. The van der Waals surface area contributed by atoms with Crippen molar-refractivity contribution in [1.29, 1.82) is 0 Å². The van der Waals surface area contributed by atoms with E-state index in [4.69, 9.17) is 4.74 Å². The molecule has 1 nitrogen and oxygen atoms in total. The minimum Gasteiger partial charge on any atom is -0.496 e. The number of ether oxygens (including phenoxy) is 1. The van der Waals surface area contributed by atoms with E-state index in [1.54, 1.807) is 7.11 Å². The summed E-state index contributed by atoms with van der Waals surface area (Å²) in [5, 5.41) is 0. The third kappa shape index (κ3) is 2.08. The van der Waals surface area contributed by atoms with Crippen LogP contribution < -0.4 is 4.74 Å². The van der Waals surface area contributed by atoms with Gasteiger partial charge in [-0.05, 0) is 63.1 Å². The van der Waals surface area contributed by atoms with Crippen LogP contribution in [0.3, 0.4) is 0 Å². The van der Waals surface area contributed by atoms with Crippen LogP contribution in [0.4, 0.5) is 0 Å². The Morgan fingerprint density at radius 2 is 2.09 bits per heavy atom. The normalized spacial score (nSPS) is 9.82. The van der Waals surface area contributed by atoms with Crippen LogP contribution in [-0.2, 0) is 0 Å². The first-order valence-electron chi connectivity index (χ1n) is 3.15. The predicted molar refractivity (Wildman–Crippen MR) is 58.1 cm³/mol. The van der Waals surface area contributed by atoms with Crippen molar-refractivity contribution in [3.8, 4) is 5.75 Å². The highest BCUT2D eigenvalue weighted by molar-refractivity contribution is 14.1. The van der Waals surface area contributed by atoms with Gasteiger partial charge in [-0.1, -0.05) is 0 Å². The summed E-state index contributed by atoms with van der Waals surface area (Å²) in [7, 11) is 1.68. The van der Waals surface area contributed by atoms with Gasteiger partial charge in [-0.25, -0.2) is 0 Å². The molecule has 0 aliphatic heterocycles. The van der Waals surface area contributed by atoms with Crippen molar-refractivity contribution >= 4 is 38.5 Å². The molecule has 1 aromatic carbocycles. The number of hydrogen-bond acceptors (Lipinski definition) is 1. The molecule has 0 spiro atoms. The van der Waals surface area contributed by atoms with Gasteiger partial charge in [-0.15, -0.1) is 0 Å². The molecule has 0 amide bonds. The molecular weight excluding hydrogens is 319 g/mol. The second kappa shape index (κ2) is 3.76. The quantitative estimate of drug-likeness (QED) is 0.719. The zero-order valence-corrected chi connectivity index (χ0v) is 10.1. The monoisotopic (exact) mass is 326 g/mol. The molecule has 0 atom stereocenters. The zero-order valence-electron chi connectivity index (χ0n) is 6.32. The first-order valence-corrected chi connectivity index (χ1v) is 5.02. The van der Waals surface area contributed by atoms with E-state index < -0.39 is 0 Å². The van der Waals surface area contributed by atoms with E-state index in [1.165, 1.54) is 9.13 Å². The Balaban J connectivity index is 3.24. The molecule has 0 aliphatic rings. The average Bonchev–Trinajstić information content (AvgIpc) is 1.96. The van der Waals surface area contributed by atoms with Gasteiger partial charge in [0.15, 0.2) is 0 Å². The average molecular weight is 327 g/mol. The zero-order chi connectivity index (χ0) is 8.43. The van der Waals surface area contributed by atoms with Gasteiger partial charge in [-0.3, -0.25) is 0 Å². The summed E-state index contributed by atoms with van der Waals surface area (Å²) in [6, 6.07) is 4.10. The highest BCUT2D eigenvalue weighted by Crippen LogP contribution is 2.29. The molecule has 3 heteroatoms. The van der Waals surface area contributed by atoms with Gasteiger partial charge < -0.3 is 4.74 Å². The van der Waals surface area contributed by atoms with Gasteiger partial charge in [0.2, 0.25) is 0 Å². The van der Waals surface area contributed by atoms with Crippen molar-refractivity contribution in [2.75, 3.05) is 7.11 Å². The standard InChI is InChI=1S/C8H8BrIO/c1-5-3-6(10)4-7(11-2)8(5)9/h3-4H,1-2H3. The van der Waals surface area contributed by atoms with E-state index in [0.29, 0.717) is 0 Å². The van der Waals surface area contributed by atoms with E-state index in [-0.39, 0.29) is 0 Å². The Morgan fingerprint density at radius 3 is 2.64 bits per heavy atom. The summed E-state index contributed by atoms with van der Waals surface area (Å²) in [4.78, 5) is 0. The summed E-state index contributed by atoms with van der Waals surface area (Å²) >= 11 is 5.72. The fraction of sp³-hybridized carbons (Fsp3) is 0.250. The molecular formula is C8H8BrIO. The van der Waals surface area contributed by atoms with Gasteiger partial charge in [0.1, 0.15) is 5.75 Å². The molecule has 11 heavy (non-hydrogen) atoms. The maximum absolute atomic E-state index is 5.15. The topological polar surface area (TPSA) is 9.23 Å². The minimum absolute atomic E-state index is 0.898. The van der Waals surface area contributed by atoms with Crippen LogP contribution in [0.25, 0.3) is 0 Å². The van der Waals surface area contributed by atoms with Gasteiger partial charge in [0, 0.05) is 3.57 Å². The third-order valence-electron chi connectivity index (χ3n) is 1.41. The molecule has 0 heterocycles. The SMILES string of the molecule is COc1cc(I)cc(C)c1Br. The van der Waals surface area contributed by atoms with Crippen molar-refractivity contribution in [1.82, 2.24) is 0 Å². The maximum atomic E-state index is 5.15. The third-order valence-corrected chi connectivity index (χ3v) is 3.04. The Morgan fingerprint density at radius 1 is 1.45 bits per heavy atom. The van der Waals surface area contributed by atoms with Gasteiger partial charge >= 0.3 is 0 Å². The predicted octanol–water partition coefficient (Wildman–Crippen LogP) is 3.37. The highest BCUT2D eigenvalue weighted by Gasteiger charge is 2.03. The Labute approximate surface area is 88.4 Å². The smallest absolute Gasteiger partial charge is 0.134 e. The van der Waals surface area contributed by atoms with Crippen molar-refractivity contribution in [2.24, 2.45) is 0 Å². The van der Waals surface area contributed by atoms with Gasteiger partial charge in [-0.2, -0.15) is 0 Å². The number of benzene rings is 1. The molecule has 0 aromatic heterocycles. The van der Waals surface area contributed by atoms with E-state index in [9.17, 15) is 0 Å². The van der Waals surface area contributed by atoms with E-state index in [1.807, 2.05) is 6.07 Å². The van der Waals surface area contributed by atoms with E-state index in [2.05, 4.69) is 51.5 Å². The molecule has 0 bridgehead atoms. The first kappa shape index (κ1) is 9.32. The highest BCUT2D eigenvalue weighted by atomic mass is 127. The Hall–Kier alpha value is 0.230. The summed E-state index contributed by atoms with van der Waals surface area (Å²) in [5.41, 5.74) is 1.20. The largest absolute Gasteiger partial charge is 0.496 e. The lowest BCUT2D eigenvalue weighted by atomic mass is 10.2. The molecule has 0 N–H and O–H groups in total. The Kier molecular flexibility index (Phi) is 3.18. The molecule has 1 rings (SSSR count). The van der Waals surface area contributed by atoms with Crippen LogP contribution in [0, 0.1) is 10.5 Å². The second-order valence-electron chi connectivity index (χ2n) is 2.24. The lowest BCUT2D eigenvalue weighted by Gasteiger charge is -2.05. The molecule has 0 aliphatic carbocycles. The van der Waals surface area contributed by atoms with Crippen molar-refractivity contribution in [3.05, 3.63) is 25.7 Å². The van der Waals surface area contributed by atoms with Crippen LogP contribution in [0.5, 0.6) is 5.75 Å². The van der Waals surface area contributed by atoms with Gasteiger partial charge in [0.25, 0.3) is 0 Å². The van der Waals surface area contributed by atoms with Gasteiger partial charge in [0.05, 0.1) is 11.6 Å². The minimum atomic E-state index is 0.898. The molecule has 0 radical (unpaired) electrons. The van der Waals surface area contributed by atoms with E-state index >= 15 is 0 Å². The number of hydrogen-bond donors (Lipinski definition) is 0. The van der Waals surface area contributed by atoms with Crippen LogP contribution in [0.15, 0.2) is 16.6 Å². The van der Waals surface area contributed by atoms with Crippen LogP contribution >= 0.6 is 38.5 Å². The number of methoxy groups -OCH3 is 1. The maximum Gasteiger partial charge on any atom is 0.134 e. The summed E-state index contributed by atoms with van der Waals surface area (Å²) in [5.74, 6) is 0.898. The molecule has 1 aromatic rings. The second-order valence-corrected chi connectivity index (χ2v) is 4.28. The molecule has 0 unspecified atom stereocenters.